The molecule has 158 valence electrons. The van der Waals surface area contributed by atoms with Crippen LogP contribution in [0.25, 0.3) is 21.5 Å². The van der Waals surface area contributed by atoms with Gasteiger partial charge in [-0.3, -0.25) is 4.79 Å². The van der Waals surface area contributed by atoms with Crippen molar-refractivity contribution < 1.29 is 17.4 Å². The largest absolute Gasteiger partial charge is 0.339 e. The molecule has 0 radical (unpaired) electrons. The number of hydrogen-bond acceptors (Lipinski definition) is 7. The standard InChI is InChI=1S/C21H25FN6OS/c1-12(2)23-19-6-7-28(11-17(19)22)20(29)10-16-9-15-8-14(4-5-18(15)26-25-16)21-27-24-13(3)30-21/h4-5,8-9,12,17,19,23H,6-7,10-11H2,1-3H3/t17-,19-/m0/s1/i1D3,2D3. The third-order valence-corrected chi connectivity index (χ3v) is 5.90. The van der Waals surface area contributed by atoms with E-state index < -0.39 is 32.0 Å². The number of aromatic nitrogens is 4. The molecule has 0 aliphatic carbocycles. The third-order valence-electron chi connectivity index (χ3n) is 5.02. The highest BCUT2D eigenvalue weighted by molar-refractivity contribution is 7.14. The van der Waals surface area contributed by atoms with Crippen LogP contribution in [0.15, 0.2) is 24.3 Å². The number of nitrogens with zero attached hydrogens (tertiary/aromatic N) is 5. The van der Waals surface area contributed by atoms with E-state index in [1.54, 1.807) is 6.07 Å². The number of hydrogen-bond donors (Lipinski definition) is 1. The van der Waals surface area contributed by atoms with Gasteiger partial charge in [0.2, 0.25) is 5.91 Å². The summed E-state index contributed by atoms with van der Waals surface area (Å²) in [6.45, 7) is -3.87. The Morgan fingerprint density at radius 1 is 1.33 bits per heavy atom. The van der Waals surface area contributed by atoms with Gasteiger partial charge in [0.1, 0.15) is 16.2 Å². The average molecular weight is 435 g/mol. The average Bonchev–Trinajstić information content (AvgIpc) is 3.22. The maximum Gasteiger partial charge on any atom is 0.228 e. The number of benzene rings is 1. The van der Waals surface area contributed by atoms with E-state index in [1.165, 1.54) is 16.2 Å². The maximum absolute atomic E-state index is 14.9. The van der Waals surface area contributed by atoms with Gasteiger partial charge < -0.3 is 10.2 Å². The summed E-state index contributed by atoms with van der Waals surface area (Å²) in [7, 11) is 0. The minimum atomic E-state index is -2.82. The zero-order valence-electron chi connectivity index (χ0n) is 22.3. The van der Waals surface area contributed by atoms with Gasteiger partial charge in [-0.1, -0.05) is 25.0 Å². The second-order valence-electron chi connectivity index (χ2n) is 7.26. The van der Waals surface area contributed by atoms with Gasteiger partial charge in [-0.25, -0.2) is 4.39 Å². The lowest BCUT2D eigenvalue weighted by Gasteiger charge is -2.36. The van der Waals surface area contributed by atoms with Gasteiger partial charge in [0.25, 0.3) is 0 Å². The maximum atomic E-state index is 14.9. The Labute approximate surface area is 187 Å². The number of nitrogens with one attached hydrogen (secondary N) is 1. The van der Waals surface area contributed by atoms with Crippen molar-refractivity contribution in [2.45, 2.75) is 51.7 Å². The van der Waals surface area contributed by atoms with E-state index in [0.29, 0.717) is 11.2 Å². The molecule has 1 amide bonds. The molecule has 2 aromatic heterocycles. The SMILES string of the molecule is [2H]C([2H])([2H])C(N[C@H]1CCN(C(=O)Cc2cc3cc(-c4nnc(C)s4)ccc3nn2)C[C@@H]1F)C([2H])([2H])[2H]. The Morgan fingerprint density at radius 3 is 2.93 bits per heavy atom. The number of amides is 1. The second-order valence-corrected chi connectivity index (χ2v) is 8.44. The molecule has 1 fully saturated rings. The van der Waals surface area contributed by atoms with Gasteiger partial charge >= 0.3 is 0 Å². The van der Waals surface area contributed by atoms with Gasteiger partial charge in [-0.2, -0.15) is 10.2 Å². The molecule has 7 nitrogen and oxygen atoms in total. The first-order valence-corrected chi connectivity index (χ1v) is 10.4. The van der Waals surface area contributed by atoms with Crippen molar-refractivity contribution in [1.82, 2.24) is 30.6 Å². The van der Waals surface area contributed by atoms with Crippen LogP contribution in [-0.2, 0) is 11.2 Å². The Bertz CT molecular complexity index is 1240. The molecular formula is C21H25FN6OS. The monoisotopic (exact) mass is 434 g/mol. The highest BCUT2D eigenvalue weighted by atomic mass is 32.1. The van der Waals surface area contributed by atoms with Crippen molar-refractivity contribution in [3.05, 3.63) is 35.0 Å². The molecule has 1 saturated heterocycles. The lowest BCUT2D eigenvalue weighted by molar-refractivity contribution is -0.133. The fraction of sp³-hybridized carbons (Fsp3) is 0.476. The molecule has 2 atom stereocenters. The van der Waals surface area contributed by atoms with Crippen LogP contribution >= 0.6 is 11.3 Å². The summed E-state index contributed by atoms with van der Waals surface area (Å²) < 4.78 is 59.8. The van der Waals surface area contributed by atoms with Gasteiger partial charge in [0.05, 0.1) is 24.2 Å². The number of carbonyl (C=O) groups excluding carboxylic acids is 1. The van der Waals surface area contributed by atoms with E-state index in [1.807, 2.05) is 25.1 Å². The predicted octanol–water partition coefficient (Wildman–Crippen LogP) is 2.94. The van der Waals surface area contributed by atoms with Crippen LogP contribution in [0.5, 0.6) is 0 Å². The van der Waals surface area contributed by atoms with Crippen molar-refractivity contribution in [2.75, 3.05) is 13.1 Å². The first-order chi connectivity index (χ1) is 16.8. The Morgan fingerprint density at radius 2 is 2.20 bits per heavy atom. The van der Waals surface area contributed by atoms with E-state index in [2.05, 4.69) is 25.7 Å². The molecule has 4 rings (SSSR count). The van der Waals surface area contributed by atoms with Crippen LogP contribution < -0.4 is 5.32 Å². The molecule has 1 aliphatic heterocycles. The first-order valence-electron chi connectivity index (χ1n) is 12.6. The van der Waals surface area contributed by atoms with Crippen LogP contribution in [-0.4, -0.2) is 62.5 Å². The van der Waals surface area contributed by atoms with Gasteiger partial charge in [-0.15, -0.1) is 10.2 Å². The van der Waals surface area contributed by atoms with Gasteiger partial charge in [-0.05, 0) is 37.6 Å². The number of aryl methyl sites for hydroxylation is 1. The predicted molar refractivity (Wildman–Crippen MR) is 115 cm³/mol. The normalized spacial score (nSPS) is 23.4. The van der Waals surface area contributed by atoms with Crippen molar-refractivity contribution in [3.8, 4) is 10.6 Å². The zero-order chi connectivity index (χ0) is 26.3. The molecular weight excluding hydrogens is 403 g/mol. The molecule has 0 bridgehead atoms. The van der Waals surface area contributed by atoms with Crippen LogP contribution in [0.1, 0.15) is 39.1 Å². The fourth-order valence-corrected chi connectivity index (χ4v) is 4.21. The van der Waals surface area contributed by atoms with Crippen molar-refractivity contribution in [3.63, 3.8) is 0 Å². The number of alkyl halides is 1. The van der Waals surface area contributed by atoms with Crippen LogP contribution in [0.4, 0.5) is 4.39 Å². The number of piperidine rings is 1. The number of rotatable bonds is 5. The summed E-state index contributed by atoms with van der Waals surface area (Å²) >= 11 is 1.47. The molecule has 30 heavy (non-hydrogen) atoms. The van der Waals surface area contributed by atoms with Crippen molar-refractivity contribution in [1.29, 1.82) is 0 Å². The lowest BCUT2D eigenvalue weighted by Crippen LogP contribution is -2.54. The number of likely N-dealkylation sites (tertiary alicyclic amines) is 1. The molecule has 1 aromatic carbocycles. The minimum absolute atomic E-state index is 0.0803. The minimum Gasteiger partial charge on any atom is -0.339 e. The van der Waals surface area contributed by atoms with Gasteiger partial charge in [0.15, 0.2) is 0 Å². The van der Waals surface area contributed by atoms with E-state index in [-0.39, 0.29) is 31.8 Å². The van der Waals surface area contributed by atoms with Crippen LogP contribution in [0.3, 0.4) is 0 Å². The Hall–Kier alpha value is -2.52. The Kier molecular flexibility index (Phi) is 4.19. The van der Waals surface area contributed by atoms with Crippen molar-refractivity contribution >= 4 is 28.1 Å². The molecule has 3 aromatic rings. The lowest BCUT2D eigenvalue weighted by atomic mass is 10.0. The first kappa shape index (κ1) is 14.5. The van der Waals surface area contributed by atoms with Crippen molar-refractivity contribution in [2.24, 2.45) is 0 Å². The Balaban J connectivity index is 1.41. The van der Waals surface area contributed by atoms with Crippen LogP contribution in [0.2, 0.25) is 0 Å². The second kappa shape index (κ2) is 8.69. The highest BCUT2D eigenvalue weighted by Crippen LogP contribution is 2.26. The molecule has 1 aliphatic rings. The zero-order valence-corrected chi connectivity index (χ0v) is 17.1. The van der Waals surface area contributed by atoms with Crippen LogP contribution in [0, 0.1) is 6.92 Å². The topological polar surface area (TPSA) is 83.9 Å². The van der Waals surface area contributed by atoms with E-state index in [0.717, 1.165) is 21.0 Å². The van der Waals surface area contributed by atoms with E-state index in [9.17, 15) is 9.18 Å². The molecule has 0 spiro atoms. The smallest absolute Gasteiger partial charge is 0.228 e. The highest BCUT2D eigenvalue weighted by Gasteiger charge is 2.31. The molecule has 0 unspecified atom stereocenters. The number of carbonyl (C=O) groups is 1. The third kappa shape index (κ3) is 4.62. The quantitative estimate of drug-likeness (QED) is 0.665. The summed E-state index contributed by atoms with van der Waals surface area (Å²) in [4.78, 5) is 14.2. The molecule has 9 heteroatoms. The summed E-state index contributed by atoms with van der Waals surface area (Å²) in [5.41, 5.74) is 1.96. The van der Waals surface area contributed by atoms with Gasteiger partial charge in [0, 0.05) is 37.8 Å². The number of halogens is 1. The molecule has 0 saturated carbocycles. The summed E-state index contributed by atoms with van der Waals surface area (Å²) in [5.74, 6) is -0.344. The summed E-state index contributed by atoms with van der Waals surface area (Å²) in [5, 5.41) is 21.4. The van der Waals surface area contributed by atoms with E-state index >= 15 is 0 Å². The molecule has 3 heterocycles. The molecule has 1 N–H and O–H groups in total. The summed E-state index contributed by atoms with van der Waals surface area (Å²) in [6.07, 6.45) is -1.61. The number of fused-ring (bicyclic) bond motifs is 1. The summed E-state index contributed by atoms with van der Waals surface area (Å²) in [6, 6.07) is 4.52. The fourth-order valence-electron chi connectivity index (χ4n) is 3.52. The van der Waals surface area contributed by atoms with E-state index in [4.69, 9.17) is 8.22 Å².